The van der Waals surface area contributed by atoms with Gasteiger partial charge in [-0.2, -0.15) is 30.7 Å². The summed E-state index contributed by atoms with van der Waals surface area (Å²) in [5, 5.41) is 0.624. The SMILES string of the molecule is COc1cccc(Cc2nsc(N3CCN(C(=O)c4cc(C(F)(F)F)cc(C(F)(F)F)c4)CC3)n2)c1. The van der Waals surface area contributed by atoms with Crippen molar-refractivity contribution in [2.24, 2.45) is 0 Å². The summed E-state index contributed by atoms with van der Waals surface area (Å²) in [6.07, 6.45) is -9.55. The number of hydrogen-bond acceptors (Lipinski definition) is 6. The molecule has 0 N–H and O–H groups in total. The van der Waals surface area contributed by atoms with Crippen LogP contribution in [0.3, 0.4) is 0 Å². The monoisotopic (exact) mass is 530 g/mol. The fraction of sp³-hybridized carbons (Fsp3) is 0.348. The van der Waals surface area contributed by atoms with E-state index in [4.69, 9.17) is 4.74 Å². The van der Waals surface area contributed by atoms with Crippen molar-refractivity contribution in [2.45, 2.75) is 18.8 Å². The van der Waals surface area contributed by atoms with Gasteiger partial charge in [0.15, 0.2) is 0 Å². The summed E-state index contributed by atoms with van der Waals surface area (Å²) in [7, 11) is 1.57. The molecule has 36 heavy (non-hydrogen) atoms. The van der Waals surface area contributed by atoms with E-state index in [9.17, 15) is 31.1 Å². The van der Waals surface area contributed by atoms with Gasteiger partial charge in [0.25, 0.3) is 5.91 Å². The lowest BCUT2D eigenvalue weighted by Gasteiger charge is -2.34. The molecule has 0 unspecified atom stereocenters. The Morgan fingerprint density at radius 3 is 2.19 bits per heavy atom. The van der Waals surface area contributed by atoms with Crippen LogP contribution in [0.5, 0.6) is 5.75 Å². The van der Waals surface area contributed by atoms with Crippen LogP contribution >= 0.6 is 11.5 Å². The van der Waals surface area contributed by atoms with Crippen LogP contribution in [0.4, 0.5) is 31.5 Å². The van der Waals surface area contributed by atoms with E-state index >= 15 is 0 Å². The van der Waals surface area contributed by atoms with Crippen molar-refractivity contribution in [3.05, 3.63) is 70.5 Å². The van der Waals surface area contributed by atoms with E-state index in [1.54, 1.807) is 7.11 Å². The van der Waals surface area contributed by atoms with Crippen LogP contribution in [0, 0.1) is 0 Å². The highest BCUT2D eigenvalue weighted by Gasteiger charge is 2.38. The number of carbonyl (C=O) groups excluding carboxylic acids is 1. The standard InChI is InChI=1S/C23H20F6N4O2S/c1-35-18-4-2-3-14(9-18)10-19-30-21(36-31-19)33-7-5-32(6-8-33)20(34)15-11-16(22(24,25)26)13-17(12-15)23(27,28)29/h2-4,9,11-13H,5-8,10H2,1H3. The molecule has 1 saturated heterocycles. The van der Waals surface area contributed by atoms with Crippen molar-refractivity contribution in [2.75, 3.05) is 38.2 Å². The molecule has 6 nitrogen and oxygen atoms in total. The van der Waals surface area contributed by atoms with Crippen molar-refractivity contribution in [3.63, 3.8) is 0 Å². The van der Waals surface area contributed by atoms with E-state index in [0.717, 1.165) is 5.56 Å². The number of benzene rings is 2. The lowest BCUT2D eigenvalue weighted by Crippen LogP contribution is -2.48. The minimum atomic E-state index is -5.02. The number of hydrogen-bond donors (Lipinski definition) is 0. The first-order chi connectivity index (χ1) is 16.9. The van der Waals surface area contributed by atoms with Gasteiger partial charge in [-0.25, -0.2) is 4.98 Å². The zero-order valence-corrected chi connectivity index (χ0v) is 19.7. The van der Waals surface area contributed by atoms with E-state index in [1.165, 1.54) is 16.4 Å². The second-order valence-corrected chi connectivity index (χ2v) is 8.83. The summed E-state index contributed by atoms with van der Waals surface area (Å²) in [5.41, 5.74) is -2.72. The van der Waals surface area contributed by atoms with Gasteiger partial charge in [0, 0.05) is 49.7 Å². The Balaban J connectivity index is 1.43. The van der Waals surface area contributed by atoms with Gasteiger partial charge in [-0.05, 0) is 35.9 Å². The van der Waals surface area contributed by atoms with Gasteiger partial charge >= 0.3 is 12.4 Å². The Morgan fingerprint density at radius 1 is 0.972 bits per heavy atom. The number of anilines is 1. The number of methoxy groups -OCH3 is 1. The molecule has 3 aromatic rings. The Morgan fingerprint density at radius 2 is 1.61 bits per heavy atom. The van der Waals surface area contributed by atoms with E-state index < -0.39 is 35.0 Å². The largest absolute Gasteiger partial charge is 0.497 e. The fourth-order valence-corrected chi connectivity index (χ4v) is 4.51. The lowest BCUT2D eigenvalue weighted by molar-refractivity contribution is -0.143. The number of amides is 1. The molecule has 0 spiro atoms. The van der Waals surface area contributed by atoms with Crippen molar-refractivity contribution in [3.8, 4) is 5.75 Å². The molecule has 1 amide bonds. The van der Waals surface area contributed by atoms with Crippen LogP contribution in [0.1, 0.15) is 32.9 Å². The van der Waals surface area contributed by atoms with Crippen molar-refractivity contribution in [1.29, 1.82) is 0 Å². The highest BCUT2D eigenvalue weighted by Crippen LogP contribution is 2.36. The predicted octanol–water partition coefficient (Wildman–Crippen LogP) is 5.14. The average Bonchev–Trinajstić information content (AvgIpc) is 3.31. The van der Waals surface area contributed by atoms with Gasteiger partial charge in [0.1, 0.15) is 11.6 Å². The topological polar surface area (TPSA) is 58.6 Å². The Kier molecular flexibility index (Phi) is 7.12. The van der Waals surface area contributed by atoms with Crippen LogP contribution in [0.25, 0.3) is 0 Å². The maximum absolute atomic E-state index is 13.1. The van der Waals surface area contributed by atoms with E-state index in [0.29, 0.717) is 48.3 Å². The number of carbonyl (C=O) groups is 1. The maximum Gasteiger partial charge on any atom is 0.416 e. The third kappa shape index (κ3) is 5.89. The average molecular weight is 530 g/mol. The summed E-state index contributed by atoms with van der Waals surface area (Å²) in [6, 6.07) is 8.41. The molecule has 1 aliphatic heterocycles. The fourth-order valence-electron chi connectivity index (χ4n) is 3.77. The first-order valence-corrected chi connectivity index (χ1v) is 11.5. The Bertz CT molecular complexity index is 1200. The summed E-state index contributed by atoms with van der Waals surface area (Å²) in [4.78, 5) is 20.4. The summed E-state index contributed by atoms with van der Waals surface area (Å²) >= 11 is 1.18. The number of rotatable bonds is 5. The number of piperazine rings is 1. The van der Waals surface area contributed by atoms with Crippen LogP contribution < -0.4 is 9.64 Å². The zero-order valence-electron chi connectivity index (χ0n) is 18.9. The molecule has 0 bridgehead atoms. The number of ether oxygens (including phenoxy) is 1. The predicted molar refractivity (Wildman–Crippen MR) is 120 cm³/mol. The quantitative estimate of drug-likeness (QED) is 0.428. The highest BCUT2D eigenvalue weighted by molar-refractivity contribution is 7.09. The molecule has 0 radical (unpaired) electrons. The molecule has 1 fully saturated rings. The van der Waals surface area contributed by atoms with Gasteiger partial charge in [-0.1, -0.05) is 12.1 Å². The van der Waals surface area contributed by atoms with Gasteiger partial charge < -0.3 is 14.5 Å². The third-order valence-corrected chi connectivity index (χ3v) is 6.44. The number of halogens is 6. The first-order valence-electron chi connectivity index (χ1n) is 10.7. The van der Waals surface area contributed by atoms with E-state index in [-0.39, 0.29) is 19.2 Å². The maximum atomic E-state index is 13.1. The molecule has 13 heteroatoms. The second kappa shape index (κ2) is 9.96. The molecule has 192 valence electrons. The summed E-state index contributed by atoms with van der Waals surface area (Å²) in [6.45, 7) is 0.845. The molecule has 4 rings (SSSR count). The molecule has 2 heterocycles. The van der Waals surface area contributed by atoms with Crippen LogP contribution in [-0.2, 0) is 18.8 Å². The molecule has 1 aromatic heterocycles. The number of aromatic nitrogens is 2. The zero-order chi connectivity index (χ0) is 26.1. The molecule has 0 aliphatic carbocycles. The van der Waals surface area contributed by atoms with Gasteiger partial charge in [-0.3, -0.25) is 4.79 Å². The van der Waals surface area contributed by atoms with Gasteiger partial charge in [0.2, 0.25) is 5.13 Å². The molecule has 0 atom stereocenters. The minimum absolute atomic E-state index is 0.00723. The highest BCUT2D eigenvalue weighted by atomic mass is 32.1. The van der Waals surface area contributed by atoms with Crippen LogP contribution in [0.2, 0.25) is 0 Å². The van der Waals surface area contributed by atoms with Crippen LogP contribution in [0.15, 0.2) is 42.5 Å². The normalized spacial score (nSPS) is 14.8. The molecular formula is C23H20F6N4O2S. The lowest BCUT2D eigenvalue weighted by atomic mass is 10.0. The first kappa shape index (κ1) is 25.7. The number of alkyl halides is 6. The smallest absolute Gasteiger partial charge is 0.416 e. The van der Waals surface area contributed by atoms with E-state index in [1.807, 2.05) is 29.2 Å². The summed E-state index contributed by atoms with van der Waals surface area (Å²) < 4.78 is 88.4. The minimum Gasteiger partial charge on any atom is -0.497 e. The molecule has 0 saturated carbocycles. The van der Waals surface area contributed by atoms with Crippen molar-refractivity contribution < 1.29 is 35.9 Å². The van der Waals surface area contributed by atoms with Gasteiger partial charge in [-0.15, -0.1) is 0 Å². The van der Waals surface area contributed by atoms with E-state index in [2.05, 4.69) is 9.36 Å². The molecular weight excluding hydrogens is 510 g/mol. The Hall–Kier alpha value is -3.35. The van der Waals surface area contributed by atoms with Crippen molar-refractivity contribution >= 4 is 22.6 Å². The Labute approximate surface area is 206 Å². The molecule has 2 aromatic carbocycles. The van der Waals surface area contributed by atoms with Gasteiger partial charge in [0.05, 0.1) is 18.2 Å². The second-order valence-electron chi connectivity index (χ2n) is 8.10. The number of nitrogens with zero attached hydrogens (tertiary/aromatic N) is 4. The summed E-state index contributed by atoms with van der Waals surface area (Å²) in [5.74, 6) is 0.430. The van der Waals surface area contributed by atoms with Crippen molar-refractivity contribution in [1.82, 2.24) is 14.3 Å². The molecule has 1 aliphatic rings. The third-order valence-electron chi connectivity index (χ3n) is 5.63. The van der Waals surface area contributed by atoms with Crippen LogP contribution in [-0.4, -0.2) is 53.5 Å².